The van der Waals surface area contributed by atoms with Gasteiger partial charge in [-0.15, -0.1) is 11.3 Å². The van der Waals surface area contributed by atoms with Gasteiger partial charge >= 0.3 is 0 Å². The van der Waals surface area contributed by atoms with Gasteiger partial charge in [-0.1, -0.05) is 127 Å². The van der Waals surface area contributed by atoms with E-state index >= 15 is 0 Å². The molecule has 270 valence electrons. The molecule has 9 aromatic carbocycles. The first-order chi connectivity index (χ1) is 28.8. The molecule has 0 unspecified atom stereocenters. The van der Waals surface area contributed by atoms with Crippen LogP contribution in [0.25, 0.3) is 119 Å². The average molecular weight is 757 g/mol. The molecule has 3 nitrogen and oxygen atoms in total. The number of rotatable bonds is 4. The molecule has 0 aliphatic heterocycles. The van der Waals surface area contributed by atoms with Crippen LogP contribution in [-0.4, -0.2) is 9.13 Å². The van der Waals surface area contributed by atoms with Crippen molar-refractivity contribution in [3.63, 3.8) is 0 Å². The van der Waals surface area contributed by atoms with Gasteiger partial charge in [0.2, 0.25) is 0 Å². The predicted molar refractivity (Wildman–Crippen MR) is 246 cm³/mol. The molecule has 0 saturated heterocycles. The van der Waals surface area contributed by atoms with Crippen LogP contribution in [0.15, 0.2) is 199 Å². The Kier molecular flexibility index (Phi) is 6.60. The summed E-state index contributed by atoms with van der Waals surface area (Å²) in [6.45, 7) is 0. The zero-order chi connectivity index (χ0) is 37.9. The maximum Gasteiger partial charge on any atom is 0.159 e. The standard InChI is InChI=1S/C54H32N2OS/c1-2-13-33(14-3-1)36-31-44-43-30-35(26-28-51(43)57-53(44)50(32-36)56-45-20-8-4-15-37(45)38-16-5-9-21-46(38)56)34-25-27-48-42(29-34)39-17-6-10-22-47(39)55(48)49-23-12-19-41-40-18-7-11-24-52(40)58-54(41)49/h1-32H. The van der Waals surface area contributed by atoms with E-state index in [9.17, 15) is 0 Å². The summed E-state index contributed by atoms with van der Waals surface area (Å²) in [5.74, 6) is 0. The van der Waals surface area contributed by atoms with Crippen molar-refractivity contribution >= 4 is 97.1 Å². The summed E-state index contributed by atoms with van der Waals surface area (Å²) in [5.41, 5.74) is 13.4. The molecule has 0 atom stereocenters. The Morgan fingerprint density at radius 1 is 0.328 bits per heavy atom. The van der Waals surface area contributed by atoms with E-state index in [1.54, 1.807) is 0 Å². The quantitative estimate of drug-likeness (QED) is 0.175. The zero-order valence-electron chi connectivity index (χ0n) is 31.2. The second-order valence-corrected chi connectivity index (χ2v) is 16.3. The van der Waals surface area contributed by atoms with Crippen molar-refractivity contribution in [1.82, 2.24) is 9.13 Å². The molecule has 0 aliphatic carbocycles. The highest BCUT2D eigenvalue weighted by Crippen LogP contribution is 2.44. The number of hydrogen-bond donors (Lipinski definition) is 0. The molecule has 4 heteroatoms. The second-order valence-electron chi connectivity index (χ2n) is 15.3. The Balaban J connectivity index is 1.03. The molecule has 0 amide bonds. The van der Waals surface area contributed by atoms with Crippen LogP contribution in [0.3, 0.4) is 0 Å². The van der Waals surface area contributed by atoms with E-state index in [4.69, 9.17) is 4.42 Å². The maximum atomic E-state index is 6.90. The van der Waals surface area contributed by atoms with E-state index in [1.165, 1.54) is 69.6 Å². The van der Waals surface area contributed by atoms with Crippen LogP contribution in [0, 0.1) is 0 Å². The molecule has 0 N–H and O–H groups in total. The minimum absolute atomic E-state index is 0.875. The minimum Gasteiger partial charge on any atom is -0.454 e. The summed E-state index contributed by atoms with van der Waals surface area (Å²) in [6.07, 6.45) is 0. The lowest BCUT2D eigenvalue weighted by Crippen LogP contribution is -1.95. The number of nitrogens with zero attached hydrogens (tertiary/aromatic N) is 2. The van der Waals surface area contributed by atoms with Crippen molar-refractivity contribution < 1.29 is 4.42 Å². The average Bonchev–Trinajstić information content (AvgIpc) is 4.04. The molecule has 0 saturated carbocycles. The molecular formula is C54H32N2OS. The van der Waals surface area contributed by atoms with Crippen LogP contribution in [-0.2, 0) is 0 Å². The lowest BCUT2D eigenvalue weighted by atomic mass is 9.98. The first-order valence-corrected chi connectivity index (χ1v) is 20.6. The van der Waals surface area contributed by atoms with Gasteiger partial charge in [-0.05, 0) is 89.0 Å². The molecule has 0 bridgehead atoms. The summed E-state index contributed by atoms with van der Waals surface area (Å²) in [6, 6.07) is 70.6. The highest BCUT2D eigenvalue weighted by atomic mass is 32.1. The van der Waals surface area contributed by atoms with Crippen LogP contribution in [0.5, 0.6) is 0 Å². The Morgan fingerprint density at radius 3 is 1.62 bits per heavy atom. The molecule has 13 aromatic rings. The fourth-order valence-electron chi connectivity index (χ4n) is 9.51. The molecule has 4 heterocycles. The van der Waals surface area contributed by atoms with Crippen LogP contribution >= 0.6 is 11.3 Å². The van der Waals surface area contributed by atoms with Crippen molar-refractivity contribution in [1.29, 1.82) is 0 Å². The third-order valence-corrected chi connectivity index (χ3v) is 13.3. The Hall–Kier alpha value is -7.40. The van der Waals surface area contributed by atoms with Crippen LogP contribution < -0.4 is 0 Å². The van der Waals surface area contributed by atoms with Crippen molar-refractivity contribution in [2.75, 3.05) is 0 Å². The normalized spacial score (nSPS) is 12.1. The summed E-state index contributed by atoms with van der Waals surface area (Å²) in [4.78, 5) is 0. The zero-order valence-corrected chi connectivity index (χ0v) is 32.0. The SMILES string of the molecule is c1ccc(-c2cc(-n3c4ccccc4c4ccccc43)c3oc4ccc(-c5ccc6c(c5)c5ccccc5n6-c5cccc6c5sc5ccccc56)cc4c3c2)cc1. The lowest BCUT2D eigenvalue weighted by Gasteiger charge is -2.12. The number of benzene rings is 9. The van der Waals surface area contributed by atoms with Gasteiger partial charge in [0.05, 0.1) is 38.1 Å². The largest absolute Gasteiger partial charge is 0.454 e. The topological polar surface area (TPSA) is 23.0 Å². The molecule has 0 fully saturated rings. The molecule has 0 radical (unpaired) electrons. The third-order valence-electron chi connectivity index (χ3n) is 12.1. The fourth-order valence-corrected chi connectivity index (χ4v) is 10.7. The maximum absolute atomic E-state index is 6.90. The summed E-state index contributed by atoms with van der Waals surface area (Å²) in [7, 11) is 0. The van der Waals surface area contributed by atoms with Gasteiger partial charge in [-0.3, -0.25) is 0 Å². The molecule has 0 aliphatic rings. The summed E-state index contributed by atoms with van der Waals surface area (Å²) < 4.78 is 14.4. The van der Waals surface area contributed by atoms with Crippen LogP contribution in [0.2, 0.25) is 0 Å². The smallest absolute Gasteiger partial charge is 0.159 e. The van der Waals surface area contributed by atoms with E-state index in [-0.39, 0.29) is 0 Å². The van der Waals surface area contributed by atoms with Crippen LogP contribution in [0.4, 0.5) is 0 Å². The first-order valence-electron chi connectivity index (χ1n) is 19.8. The van der Waals surface area contributed by atoms with Gasteiger partial charge < -0.3 is 13.6 Å². The number of thiophene rings is 1. The van der Waals surface area contributed by atoms with Crippen molar-refractivity contribution in [3.05, 3.63) is 194 Å². The Morgan fingerprint density at radius 2 is 0.879 bits per heavy atom. The van der Waals surface area contributed by atoms with Gasteiger partial charge in [-0.2, -0.15) is 0 Å². The number of aromatic nitrogens is 2. The highest BCUT2D eigenvalue weighted by molar-refractivity contribution is 7.26. The van der Waals surface area contributed by atoms with Gasteiger partial charge in [0.1, 0.15) is 5.58 Å². The van der Waals surface area contributed by atoms with Gasteiger partial charge in [0, 0.05) is 47.8 Å². The first kappa shape index (κ1) is 31.8. The lowest BCUT2D eigenvalue weighted by molar-refractivity contribution is 0.666. The summed E-state index contributed by atoms with van der Waals surface area (Å²) >= 11 is 1.88. The predicted octanol–water partition coefficient (Wildman–Crippen LogP) is 15.5. The minimum atomic E-state index is 0.875. The molecule has 0 spiro atoms. The van der Waals surface area contributed by atoms with Gasteiger partial charge in [0.15, 0.2) is 5.58 Å². The number of hydrogen-bond acceptors (Lipinski definition) is 2. The van der Waals surface area contributed by atoms with E-state index < -0.39 is 0 Å². The summed E-state index contributed by atoms with van der Waals surface area (Å²) in [5, 5.41) is 9.76. The molecule has 4 aromatic heterocycles. The number of furan rings is 1. The number of fused-ring (bicyclic) bond motifs is 12. The Labute approximate surface area is 336 Å². The van der Waals surface area contributed by atoms with Crippen molar-refractivity contribution in [2.45, 2.75) is 0 Å². The van der Waals surface area contributed by atoms with Gasteiger partial charge in [-0.25, -0.2) is 0 Å². The van der Waals surface area contributed by atoms with E-state index in [0.717, 1.165) is 49.8 Å². The monoisotopic (exact) mass is 756 g/mol. The van der Waals surface area contributed by atoms with E-state index in [2.05, 4.69) is 203 Å². The van der Waals surface area contributed by atoms with Gasteiger partial charge in [0.25, 0.3) is 0 Å². The van der Waals surface area contributed by atoms with Crippen molar-refractivity contribution in [3.8, 4) is 33.6 Å². The molecule has 58 heavy (non-hydrogen) atoms. The van der Waals surface area contributed by atoms with Crippen LogP contribution in [0.1, 0.15) is 0 Å². The molecular weight excluding hydrogens is 725 g/mol. The van der Waals surface area contributed by atoms with E-state index in [0.29, 0.717) is 0 Å². The highest BCUT2D eigenvalue weighted by Gasteiger charge is 2.21. The fraction of sp³-hybridized carbons (Fsp3) is 0. The second kappa shape index (κ2) is 12.1. The molecule has 13 rings (SSSR count). The van der Waals surface area contributed by atoms with Crippen molar-refractivity contribution in [2.24, 2.45) is 0 Å². The Bertz CT molecular complexity index is 3750. The van der Waals surface area contributed by atoms with E-state index in [1.807, 2.05) is 11.3 Å². The third kappa shape index (κ3) is 4.49. The number of para-hydroxylation sites is 3.